The number of pyridine rings is 2. The van der Waals surface area contributed by atoms with Crippen LogP contribution in [-0.4, -0.2) is 22.2 Å². The van der Waals surface area contributed by atoms with Crippen molar-refractivity contribution in [3.05, 3.63) is 71.0 Å². The molecule has 3 N–H and O–H groups in total. The van der Waals surface area contributed by atoms with Gasteiger partial charge in [0.1, 0.15) is 16.6 Å². The van der Waals surface area contributed by atoms with Crippen molar-refractivity contribution in [3.63, 3.8) is 0 Å². The molecule has 0 saturated carbocycles. The van der Waals surface area contributed by atoms with E-state index in [1.165, 1.54) is 29.3 Å². The molecule has 184 valence electrons. The largest absolute Gasteiger partial charge is 0.573 e. The number of fused-ring (bicyclic) bond motifs is 1. The standard InChI is InChI=1S/C21H15F6N5O2S/c22-20(23,24)12-6-14(19(33)31-13-4-5-29-17(7-13)35-28)18(30-8-12)32-9-11-2-1-3-16(15(11)10-32)34-21(25,26)27/h1-8H,9-10,28H2,(H,29,31,33). The lowest BCUT2D eigenvalue weighted by atomic mass is 10.1. The van der Waals surface area contributed by atoms with Crippen molar-refractivity contribution < 1.29 is 35.9 Å². The molecular weight excluding hydrogens is 500 g/mol. The maximum atomic E-state index is 13.4. The number of nitrogens with zero attached hydrogens (tertiary/aromatic N) is 3. The summed E-state index contributed by atoms with van der Waals surface area (Å²) in [5, 5.41) is 8.29. The van der Waals surface area contributed by atoms with Crippen LogP contribution < -0.4 is 20.1 Å². The molecule has 14 heteroatoms. The summed E-state index contributed by atoms with van der Waals surface area (Å²) >= 11 is 0.810. The first-order valence-electron chi connectivity index (χ1n) is 9.77. The summed E-state index contributed by atoms with van der Waals surface area (Å²) in [5.74, 6) is -1.47. The van der Waals surface area contributed by atoms with Gasteiger partial charge in [-0.05, 0) is 41.8 Å². The van der Waals surface area contributed by atoms with Gasteiger partial charge in [-0.25, -0.2) is 9.97 Å². The van der Waals surface area contributed by atoms with Gasteiger partial charge in [-0.3, -0.25) is 9.93 Å². The normalized spacial score (nSPS) is 13.5. The summed E-state index contributed by atoms with van der Waals surface area (Å²) < 4.78 is 82.5. The Morgan fingerprint density at radius 1 is 1.09 bits per heavy atom. The first-order valence-corrected chi connectivity index (χ1v) is 10.7. The number of nitrogens with two attached hydrogens (primary N) is 1. The predicted octanol–water partition coefficient (Wildman–Crippen LogP) is 5.13. The SMILES string of the molecule is NSc1cc(NC(=O)c2cc(C(F)(F)F)cnc2N2Cc3cccc(OC(F)(F)F)c3C2)ccn1. The van der Waals surface area contributed by atoms with Gasteiger partial charge in [0.2, 0.25) is 0 Å². The van der Waals surface area contributed by atoms with E-state index in [0.29, 0.717) is 22.9 Å². The smallest absolute Gasteiger partial charge is 0.405 e. The number of aromatic nitrogens is 2. The van der Waals surface area contributed by atoms with Crippen molar-refractivity contribution in [2.24, 2.45) is 5.14 Å². The third-order valence-corrected chi connectivity index (χ3v) is 5.48. The van der Waals surface area contributed by atoms with E-state index in [9.17, 15) is 31.1 Å². The Hall–Kier alpha value is -3.52. The van der Waals surface area contributed by atoms with Crippen LogP contribution in [0.2, 0.25) is 0 Å². The van der Waals surface area contributed by atoms with E-state index in [1.54, 1.807) is 6.07 Å². The van der Waals surface area contributed by atoms with Crippen LogP contribution in [0.4, 0.5) is 37.8 Å². The lowest BCUT2D eigenvalue weighted by molar-refractivity contribution is -0.274. The molecule has 2 aromatic heterocycles. The van der Waals surface area contributed by atoms with Gasteiger partial charge in [0.15, 0.2) is 0 Å². The highest BCUT2D eigenvalue weighted by molar-refractivity contribution is 7.97. The summed E-state index contributed by atoms with van der Waals surface area (Å²) in [6, 6.07) is 7.56. The maximum absolute atomic E-state index is 13.4. The van der Waals surface area contributed by atoms with E-state index in [0.717, 1.165) is 18.0 Å². The van der Waals surface area contributed by atoms with Crippen LogP contribution in [0.1, 0.15) is 27.0 Å². The summed E-state index contributed by atoms with van der Waals surface area (Å²) in [4.78, 5) is 22.2. The highest BCUT2D eigenvalue weighted by atomic mass is 32.2. The van der Waals surface area contributed by atoms with Crippen LogP contribution in [0, 0.1) is 0 Å². The molecule has 0 bridgehead atoms. The van der Waals surface area contributed by atoms with Gasteiger partial charge in [-0.15, -0.1) is 13.2 Å². The van der Waals surface area contributed by atoms with Crippen LogP contribution in [0.3, 0.4) is 0 Å². The second-order valence-electron chi connectivity index (χ2n) is 7.35. The number of ether oxygens (including phenoxy) is 1. The molecule has 7 nitrogen and oxygen atoms in total. The first-order chi connectivity index (χ1) is 16.4. The monoisotopic (exact) mass is 515 g/mol. The van der Waals surface area contributed by atoms with Gasteiger partial charge in [0.25, 0.3) is 5.91 Å². The average molecular weight is 515 g/mol. The third kappa shape index (κ3) is 5.59. The number of anilines is 2. The number of hydrogen-bond acceptors (Lipinski definition) is 7. The molecule has 0 atom stereocenters. The highest BCUT2D eigenvalue weighted by Crippen LogP contribution is 2.38. The molecule has 35 heavy (non-hydrogen) atoms. The zero-order valence-corrected chi connectivity index (χ0v) is 18.3. The molecule has 0 unspecified atom stereocenters. The van der Waals surface area contributed by atoms with E-state index in [1.807, 2.05) is 0 Å². The maximum Gasteiger partial charge on any atom is 0.573 e. The minimum absolute atomic E-state index is 0.00620. The molecule has 0 saturated heterocycles. The molecule has 1 aromatic carbocycles. The summed E-state index contributed by atoms with van der Waals surface area (Å²) in [6.07, 6.45) is -7.78. The van der Waals surface area contributed by atoms with Gasteiger partial charge < -0.3 is 15.0 Å². The minimum atomic E-state index is -4.93. The Morgan fingerprint density at radius 3 is 2.54 bits per heavy atom. The lowest BCUT2D eigenvalue weighted by Gasteiger charge is -2.21. The molecule has 1 aliphatic rings. The van der Waals surface area contributed by atoms with Crippen LogP contribution >= 0.6 is 11.9 Å². The van der Waals surface area contributed by atoms with Crippen LogP contribution in [-0.2, 0) is 19.3 Å². The Kier molecular flexibility index (Phi) is 6.51. The molecule has 0 spiro atoms. The number of halogens is 6. The Morgan fingerprint density at radius 2 is 1.86 bits per heavy atom. The number of carbonyl (C=O) groups excluding carboxylic acids is 1. The first kappa shape index (κ1) is 24.6. The Labute approximate surface area is 198 Å². The number of nitrogens with one attached hydrogen (secondary N) is 1. The molecule has 0 radical (unpaired) electrons. The van der Waals surface area contributed by atoms with E-state index in [-0.39, 0.29) is 30.2 Å². The van der Waals surface area contributed by atoms with E-state index in [4.69, 9.17) is 5.14 Å². The Bertz CT molecular complexity index is 1270. The number of carbonyl (C=O) groups is 1. The van der Waals surface area contributed by atoms with Gasteiger partial charge >= 0.3 is 12.5 Å². The molecule has 0 fully saturated rings. The van der Waals surface area contributed by atoms with Gasteiger partial charge in [-0.2, -0.15) is 13.2 Å². The van der Waals surface area contributed by atoms with Crippen molar-refractivity contribution in [1.82, 2.24) is 9.97 Å². The fourth-order valence-electron chi connectivity index (χ4n) is 3.54. The fraction of sp³-hybridized carbons (Fsp3) is 0.190. The zero-order chi connectivity index (χ0) is 25.4. The molecule has 0 aliphatic carbocycles. The number of amides is 1. The Balaban J connectivity index is 1.69. The molecule has 3 heterocycles. The van der Waals surface area contributed by atoms with Crippen LogP contribution in [0.25, 0.3) is 0 Å². The number of benzene rings is 1. The van der Waals surface area contributed by atoms with E-state index >= 15 is 0 Å². The molecular formula is C21H15F6N5O2S. The molecule has 3 aromatic rings. The van der Waals surface area contributed by atoms with Gasteiger partial charge in [-0.1, -0.05) is 12.1 Å². The van der Waals surface area contributed by atoms with Crippen LogP contribution in [0.5, 0.6) is 5.75 Å². The second-order valence-corrected chi connectivity index (χ2v) is 8.00. The topological polar surface area (TPSA) is 93.4 Å². The van der Waals surface area contributed by atoms with Gasteiger partial charge in [0.05, 0.1) is 11.1 Å². The lowest BCUT2D eigenvalue weighted by Crippen LogP contribution is -2.24. The number of rotatable bonds is 5. The van der Waals surface area contributed by atoms with E-state index in [2.05, 4.69) is 20.0 Å². The molecule has 4 rings (SSSR count). The molecule has 1 aliphatic heterocycles. The minimum Gasteiger partial charge on any atom is -0.405 e. The summed E-state index contributed by atoms with van der Waals surface area (Å²) in [7, 11) is 0. The van der Waals surface area contributed by atoms with Crippen molar-refractivity contribution in [2.75, 3.05) is 10.2 Å². The third-order valence-electron chi connectivity index (χ3n) is 5.02. The summed E-state index contributed by atoms with van der Waals surface area (Å²) in [5.41, 5.74) is -0.691. The van der Waals surface area contributed by atoms with Crippen molar-refractivity contribution in [3.8, 4) is 5.75 Å². The number of hydrogen-bond donors (Lipinski definition) is 2. The van der Waals surface area contributed by atoms with Crippen molar-refractivity contribution >= 4 is 29.4 Å². The van der Waals surface area contributed by atoms with E-state index < -0.39 is 35.3 Å². The number of alkyl halides is 6. The highest BCUT2D eigenvalue weighted by Gasteiger charge is 2.36. The van der Waals surface area contributed by atoms with Crippen LogP contribution in [0.15, 0.2) is 53.8 Å². The van der Waals surface area contributed by atoms with Crippen molar-refractivity contribution in [1.29, 1.82) is 0 Å². The quantitative estimate of drug-likeness (QED) is 0.359. The fourth-order valence-corrected chi connectivity index (χ4v) is 3.86. The van der Waals surface area contributed by atoms with Crippen molar-refractivity contribution in [2.45, 2.75) is 30.7 Å². The van der Waals surface area contributed by atoms with Gasteiger partial charge in [0, 0.05) is 36.7 Å². The summed E-state index contributed by atoms with van der Waals surface area (Å²) in [6.45, 7) is -0.157. The molecule has 1 amide bonds. The second kappa shape index (κ2) is 9.26. The average Bonchev–Trinajstić information content (AvgIpc) is 3.22. The zero-order valence-electron chi connectivity index (χ0n) is 17.4. The predicted molar refractivity (Wildman–Crippen MR) is 114 cm³/mol.